The summed E-state index contributed by atoms with van der Waals surface area (Å²) >= 11 is 6.90. The van der Waals surface area contributed by atoms with Crippen LogP contribution in [0.15, 0.2) is 11.6 Å². The lowest BCUT2D eigenvalue weighted by atomic mass is 10.2. The van der Waals surface area contributed by atoms with Crippen molar-refractivity contribution in [2.24, 2.45) is 0 Å². The first-order valence-corrected chi connectivity index (χ1v) is 5.91. The average molecular weight is 272 g/mol. The fourth-order valence-corrected chi connectivity index (χ4v) is 2.76. The van der Waals surface area contributed by atoms with Crippen molar-refractivity contribution in [2.75, 3.05) is 13.1 Å². The van der Waals surface area contributed by atoms with E-state index in [-0.39, 0.29) is 13.1 Å². The van der Waals surface area contributed by atoms with Crippen LogP contribution in [0.1, 0.15) is 11.0 Å². The molecule has 90 valence electrons. The molecule has 1 aliphatic rings. The van der Waals surface area contributed by atoms with Crippen molar-refractivity contribution in [3.8, 4) is 0 Å². The third-order valence-corrected chi connectivity index (χ3v) is 3.56. The van der Waals surface area contributed by atoms with Crippen LogP contribution >= 0.6 is 22.9 Å². The predicted octanol–water partition coefficient (Wildman–Crippen LogP) is 2.17. The van der Waals surface area contributed by atoms with Crippen molar-refractivity contribution >= 4 is 22.9 Å². The second-order valence-corrected chi connectivity index (χ2v) is 4.78. The molecule has 0 aromatic carbocycles. The monoisotopic (exact) mass is 271 g/mol. The molecule has 1 aromatic heterocycles. The van der Waals surface area contributed by atoms with Crippen LogP contribution < -0.4 is 5.32 Å². The van der Waals surface area contributed by atoms with Gasteiger partial charge in [-0.1, -0.05) is 0 Å². The van der Waals surface area contributed by atoms with Crippen molar-refractivity contribution in [3.05, 3.63) is 16.6 Å². The minimum absolute atomic E-state index is 0.114. The molecule has 0 spiro atoms. The van der Waals surface area contributed by atoms with E-state index in [4.69, 9.17) is 11.6 Å². The van der Waals surface area contributed by atoms with Gasteiger partial charge in [-0.05, 0) is 0 Å². The summed E-state index contributed by atoms with van der Waals surface area (Å²) in [5.74, 6) is 0. The molecule has 1 aromatic rings. The van der Waals surface area contributed by atoms with Crippen LogP contribution in [0.4, 0.5) is 13.2 Å². The van der Waals surface area contributed by atoms with E-state index in [1.807, 2.05) is 0 Å². The van der Waals surface area contributed by atoms with Crippen LogP contribution in [0.3, 0.4) is 0 Å². The normalized spacial score (nSPS) is 28.2. The van der Waals surface area contributed by atoms with Crippen molar-refractivity contribution in [3.63, 3.8) is 0 Å². The molecule has 2 rings (SSSR count). The number of aromatic nitrogens is 1. The molecule has 0 bridgehead atoms. The van der Waals surface area contributed by atoms with E-state index in [0.29, 0.717) is 9.91 Å². The minimum atomic E-state index is -4.44. The average Bonchev–Trinajstić information content (AvgIpc) is 2.67. The first-order chi connectivity index (χ1) is 7.50. The standard InChI is InChI=1S/C8H9ClF3N3S/c9-6-4-13-3-5(7-14-1-2-16-7)15(6)8(10,11)12/h1-2,5-6,13H,3-4H2. The summed E-state index contributed by atoms with van der Waals surface area (Å²) in [5, 5.41) is 4.95. The molecule has 2 atom stereocenters. The quantitative estimate of drug-likeness (QED) is 0.627. The van der Waals surface area contributed by atoms with Crippen LogP contribution in [0, 0.1) is 0 Å². The maximum absolute atomic E-state index is 12.8. The van der Waals surface area contributed by atoms with Gasteiger partial charge in [0.25, 0.3) is 0 Å². The minimum Gasteiger partial charge on any atom is -0.312 e. The molecule has 1 fully saturated rings. The summed E-state index contributed by atoms with van der Waals surface area (Å²) in [6, 6.07) is -0.837. The lowest BCUT2D eigenvalue weighted by molar-refractivity contribution is -0.268. The SMILES string of the molecule is FC(F)(F)N1C(Cl)CNCC1c1nccs1. The molecular formula is C8H9ClF3N3S. The lowest BCUT2D eigenvalue weighted by Gasteiger charge is -2.39. The Morgan fingerprint density at radius 3 is 2.81 bits per heavy atom. The molecular weight excluding hydrogens is 263 g/mol. The number of hydrogen-bond donors (Lipinski definition) is 1. The van der Waals surface area contributed by atoms with Gasteiger partial charge in [-0.3, -0.25) is 0 Å². The number of nitrogens with one attached hydrogen (secondary N) is 1. The molecule has 0 radical (unpaired) electrons. The largest absolute Gasteiger partial charge is 0.461 e. The summed E-state index contributed by atoms with van der Waals surface area (Å²) in [6.07, 6.45) is -2.95. The zero-order chi connectivity index (χ0) is 11.8. The zero-order valence-electron chi connectivity index (χ0n) is 8.04. The summed E-state index contributed by atoms with van der Waals surface area (Å²) in [5.41, 5.74) is -1.09. The fraction of sp³-hybridized carbons (Fsp3) is 0.625. The third-order valence-electron chi connectivity index (χ3n) is 2.32. The van der Waals surface area contributed by atoms with Gasteiger partial charge in [0, 0.05) is 24.7 Å². The molecule has 1 saturated heterocycles. The summed E-state index contributed by atoms with van der Waals surface area (Å²) in [6.45, 7) is 0.319. The van der Waals surface area contributed by atoms with Crippen molar-refractivity contribution in [1.29, 1.82) is 0 Å². The van der Waals surface area contributed by atoms with Crippen molar-refractivity contribution in [2.45, 2.75) is 17.8 Å². The van der Waals surface area contributed by atoms with E-state index < -0.39 is 17.8 Å². The Hall–Kier alpha value is -0.370. The Balaban J connectivity index is 2.27. The molecule has 2 heterocycles. The van der Waals surface area contributed by atoms with E-state index in [1.54, 1.807) is 5.38 Å². The summed E-state index contributed by atoms with van der Waals surface area (Å²) in [4.78, 5) is 4.27. The van der Waals surface area contributed by atoms with Gasteiger partial charge in [0.1, 0.15) is 10.5 Å². The smallest absolute Gasteiger partial charge is 0.312 e. The lowest BCUT2D eigenvalue weighted by Crippen LogP contribution is -2.56. The molecule has 16 heavy (non-hydrogen) atoms. The van der Waals surface area contributed by atoms with Crippen LogP contribution in [0.5, 0.6) is 0 Å². The van der Waals surface area contributed by atoms with E-state index >= 15 is 0 Å². The Morgan fingerprint density at radius 2 is 2.25 bits per heavy atom. The number of thiazole rings is 1. The number of rotatable bonds is 1. The zero-order valence-corrected chi connectivity index (χ0v) is 9.61. The second-order valence-electron chi connectivity index (χ2n) is 3.35. The highest BCUT2D eigenvalue weighted by atomic mass is 35.5. The first-order valence-electron chi connectivity index (χ1n) is 4.59. The van der Waals surface area contributed by atoms with Gasteiger partial charge >= 0.3 is 6.30 Å². The van der Waals surface area contributed by atoms with Crippen LogP contribution in [-0.2, 0) is 0 Å². The van der Waals surface area contributed by atoms with Crippen LogP contribution in [0.2, 0.25) is 0 Å². The molecule has 1 N–H and O–H groups in total. The third kappa shape index (κ3) is 2.32. The number of halogens is 4. The predicted molar refractivity (Wildman–Crippen MR) is 55.3 cm³/mol. The van der Waals surface area contributed by atoms with Crippen molar-refractivity contribution in [1.82, 2.24) is 15.2 Å². The topological polar surface area (TPSA) is 28.2 Å². The van der Waals surface area contributed by atoms with Gasteiger partial charge in [-0.2, -0.15) is 18.1 Å². The Labute approximate surface area is 99.2 Å². The van der Waals surface area contributed by atoms with Gasteiger partial charge < -0.3 is 5.32 Å². The first kappa shape index (κ1) is 12.1. The van der Waals surface area contributed by atoms with Gasteiger partial charge in [0.2, 0.25) is 0 Å². The number of hydrogen-bond acceptors (Lipinski definition) is 4. The van der Waals surface area contributed by atoms with E-state index in [0.717, 1.165) is 0 Å². The molecule has 8 heteroatoms. The molecule has 1 aliphatic heterocycles. The molecule has 0 aliphatic carbocycles. The van der Waals surface area contributed by atoms with Crippen molar-refractivity contribution < 1.29 is 13.2 Å². The Kier molecular flexibility index (Phi) is 3.39. The highest BCUT2D eigenvalue weighted by Crippen LogP contribution is 2.37. The Morgan fingerprint density at radius 1 is 1.50 bits per heavy atom. The molecule has 2 unspecified atom stereocenters. The van der Waals surface area contributed by atoms with E-state index in [9.17, 15) is 13.2 Å². The Bertz CT molecular complexity index is 343. The van der Waals surface area contributed by atoms with Gasteiger partial charge in [-0.15, -0.1) is 22.9 Å². The highest BCUT2D eigenvalue weighted by molar-refractivity contribution is 7.09. The number of nitrogens with zero attached hydrogens (tertiary/aromatic N) is 2. The fourth-order valence-electron chi connectivity index (χ4n) is 1.67. The molecule has 3 nitrogen and oxygen atoms in total. The summed E-state index contributed by atoms with van der Waals surface area (Å²) < 4.78 is 38.5. The molecule has 0 saturated carbocycles. The van der Waals surface area contributed by atoms with E-state index in [1.165, 1.54) is 17.5 Å². The van der Waals surface area contributed by atoms with Gasteiger partial charge in [0.15, 0.2) is 0 Å². The maximum atomic E-state index is 12.8. The van der Waals surface area contributed by atoms with Crippen LogP contribution in [0.25, 0.3) is 0 Å². The van der Waals surface area contributed by atoms with Gasteiger partial charge in [-0.25, -0.2) is 4.98 Å². The molecule has 0 amide bonds. The van der Waals surface area contributed by atoms with Gasteiger partial charge in [0.05, 0.1) is 6.04 Å². The van der Waals surface area contributed by atoms with Crippen LogP contribution in [-0.4, -0.2) is 34.8 Å². The summed E-state index contributed by atoms with van der Waals surface area (Å²) in [7, 11) is 0. The highest BCUT2D eigenvalue weighted by Gasteiger charge is 2.48. The second kappa shape index (κ2) is 4.48. The van der Waals surface area contributed by atoms with E-state index in [2.05, 4.69) is 10.3 Å². The number of alkyl halides is 4. The number of piperazine rings is 1. The maximum Gasteiger partial charge on any atom is 0.461 e.